The number of rotatable bonds is 4. The number of benzene rings is 2. The standard InChI is InChI=1S/C23H25FN4O2/c1-16(2)21(28-15-25-20-6-4-3-5-19(20)22(28)29)23(30)27-13-11-26(12-14-27)18-9-7-17(24)8-10-18/h3-10,15-16,21H,11-14H2,1-2H3/t21-/m1/s1. The van der Waals surface area contributed by atoms with Gasteiger partial charge in [-0.05, 0) is 42.3 Å². The van der Waals surface area contributed by atoms with E-state index in [0.29, 0.717) is 37.1 Å². The van der Waals surface area contributed by atoms with Crippen LogP contribution in [0.5, 0.6) is 0 Å². The van der Waals surface area contributed by atoms with Gasteiger partial charge in [0, 0.05) is 31.9 Å². The molecule has 2 aromatic carbocycles. The normalized spacial score (nSPS) is 15.6. The first-order valence-electron chi connectivity index (χ1n) is 10.2. The van der Waals surface area contributed by atoms with Crippen molar-refractivity contribution in [2.45, 2.75) is 19.9 Å². The summed E-state index contributed by atoms with van der Waals surface area (Å²) in [5.41, 5.74) is 1.37. The zero-order valence-electron chi connectivity index (χ0n) is 17.2. The van der Waals surface area contributed by atoms with Crippen molar-refractivity contribution >= 4 is 22.5 Å². The number of hydrogen-bond donors (Lipinski definition) is 0. The first-order chi connectivity index (χ1) is 14.5. The fourth-order valence-electron chi connectivity index (χ4n) is 4.03. The second kappa shape index (κ2) is 8.26. The van der Waals surface area contributed by atoms with E-state index in [9.17, 15) is 14.0 Å². The summed E-state index contributed by atoms with van der Waals surface area (Å²) in [5, 5.41) is 0.513. The van der Waals surface area contributed by atoms with Gasteiger partial charge in [-0.1, -0.05) is 26.0 Å². The van der Waals surface area contributed by atoms with Gasteiger partial charge in [-0.3, -0.25) is 14.2 Å². The maximum atomic E-state index is 13.4. The molecular weight excluding hydrogens is 383 g/mol. The zero-order valence-corrected chi connectivity index (χ0v) is 17.2. The second-order valence-electron chi connectivity index (χ2n) is 7.95. The number of halogens is 1. The second-order valence-corrected chi connectivity index (χ2v) is 7.95. The molecule has 4 rings (SSSR count). The van der Waals surface area contributed by atoms with E-state index in [-0.39, 0.29) is 23.2 Å². The maximum absolute atomic E-state index is 13.4. The van der Waals surface area contributed by atoms with Crippen molar-refractivity contribution in [3.63, 3.8) is 0 Å². The van der Waals surface area contributed by atoms with Crippen LogP contribution in [0.25, 0.3) is 10.9 Å². The van der Waals surface area contributed by atoms with E-state index in [1.165, 1.54) is 23.0 Å². The Morgan fingerprint density at radius 1 is 1.00 bits per heavy atom. The van der Waals surface area contributed by atoms with E-state index in [1.54, 1.807) is 30.3 Å². The molecule has 0 spiro atoms. The monoisotopic (exact) mass is 408 g/mol. The molecule has 1 fully saturated rings. The Bertz CT molecular complexity index is 1100. The van der Waals surface area contributed by atoms with Crippen LogP contribution in [0, 0.1) is 11.7 Å². The third kappa shape index (κ3) is 3.79. The molecule has 2 heterocycles. The number of carbonyl (C=O) groups is 1. The van der Waals surface area contributed by atoms with Crippen molar-refractivity contribution < 1.29 is 9.18 Å². The van der Waals surface area contributed by atoms with Crippen LogP contribution in [0.4, 0.5) is 10.1 Å². The molecular formula is C23H25FN4O2. The van der Waals surface area contributed by atoms with Crippen molar-refractivity contribution in [3.05, 3.63) is 71.0 Å². The number of piperazine rings is 1. The Balaban J connectivity index is 1.54. The molecule has 1 atom stereocenters. The van der Waals surface area contributed by atoms with Crippen LogP contribution in [0.1, 0.15) is 19.9 Å². The number of fused-ring (bicyclic) bond motifs is 1. The molecule has 30 heavy (non-hydrogen) atoms. The van der Waals surface area contributed by atoms with Crippen LogP contribution in [0.2, 0.25) is 0 Å². The summed E-state index contributed by atoms with van der Waals surface area (Å²) in [6, 6.07) is 13.0. The third-order valence-electron chi connectivity index (χ3n) is 5.66. The van der Waals surface area contributed by atoms with E-state index in [0.717, 1.165) is 5.69 Å². The van der Waals surface area contributed by atoms with Crippen LogP contribution in [0.15, 0.2) is 59.7 Å². The summed E-state index contributed by atoms with van der Waals surface area (Å²) in [5.74, 6) is -0.391. The highest BCUT2D eigenvalue weighted by Gasteiger charge is 2.32. The Kier molecular flexibility index (Phi) is 5.53. The van der Waals surface area contributed by atoms with Gasteiger partial charge in [0.25, 0.3) is 5.56 Å². The van der Waals surface area contributed by atoms with Crippen molar-refractivity contribution in [2.75, 3.05) is 31.1 Å². The molecule has 1 amide bonds. The third-order valence-corrected chi connectivity index (χ3v) is 5.66. The van der Waals surface area contributed by atoms with Crippen LogP contribution in [0.3, 0.4) is 0 Å². The fraction of sp³-hybridized carbons (Fsp3) is 0.348. The number of amides is 1. The number of para-hydroxylation sites is 1. The van der Waals surface area contributed by atoms with Gasteiger partial charge in [0.15, 0.2) is 0 Å². The minimum absolute atomic E-state index is 0.0618. The molecule has 0 N–H and O–H groups in total. The average Bonchev–Trinajstić information content (AvgIpc) is 2.76. The highest BCUT2D eigenvalue weighted by Crippen LogP contribution is 2.23. The van der Waals surface area contributed by atoms with E-state index in [1.807, 2.05) is 24.8 Å². The molecule has 0 bridgehead atoms. The Labute approximate surface area is 174 Å². The quantitative estimate of drug-likeness (QED) is 0.666. The highest BCUT2D eigenvalue weighted by molar-refractivity contribution is 5.82. The first-order valence-corrected chi connectivity index (χ1v) is 10.2. The molecule has 0 radical (unpaired) electrons. The minimum atomic E-state index is -0.605. The first kappa shape index (κ1) is 20.1. The Morgan fingerprint density at radius 2 is 1.67 bits per heavy atom. The molecule has 1 aliphatic rings. The molecule has 0 aliphatic carbocycles. The van der Waals surface area contributed by atoms with Crippen molar-refractivity contribution in [3.8, 4) is 0 Å². The van der Waals surface area contributed by atoms with E-state index in [4.69, 9.17) is 0 Å². The molecule has 7 heteroatoms. The lowest BCUT2D eigenvalue weighted by Gasteiger charge is -2.38. The Morgan fingerprint density at radius 3 is 2.33 bits per heavy atom. The van der Waals surface area contributed by atoms with Gasteiger partial charge in [-0.15, -0.1) is 0 Å². The van der Waals surface area contributed by atoms with Gasteiger partial charge in [0.05, 0.1) is 17.2 Å². The number of aromatic nitrogens is 2. The number of anilines is 1. The summed E-state index contributed by atoms with van der Waals surface area (Å²) >= 11 is 0. The summed E-state index contributed by atoms with van der Waals surface area (Å²) in [4.78, 5) is 34.8. The Hall–Kier alpha value is -3.22. The largest absolute Gasteiger partial charge is 0.368 e. The van der Waals surface area contributed by atoms with E-state index < -0.39 is 6.04 Å². The highest BCUT2D eigenvalue weighted by atomic mass is 19.1. The topological polar surface area (TPSA) is 58.4 Å². The molecule has 1 aliphatic heterocycles. The lowest BCUT2D eigenvalue weighted by atomic mass is 10.0. The van der Waals surface area contributed by atoms with Gasteiger partial charge in [0.1, 0.15) is 11.9 Å². The van der Waals surface area contributed by atoms with Crippen molar-refractivity contribution in [1.29, 1.82) is 0 Å². The molecule has 1 saturated heterocycles. The summed E-state index contributed by atoms with van der Waals surface area (Å²) < 4.78 is 14.6. The molecule has 6 nitrogen and oxygen atoms in total. The molecule has 1 aromatic heterocycles. The van der Waals surface area contributed by atoms with Crippen LogP contribution >= 0.6 is 0 Å². The zero-order chi connectivity index (χ0) is 21.3. The van der Waals surface area contributed by atoms with Gasteiger partial charge < -0.3 is 9.80 Å². The maximum Gasteiger partial charge on any atom is 0.261 e. The predicted octanol–water partition coefficient (Wildman–Crippen LogP) is 3.08. The molecule has 0 unspecified atom stereocenters. The van der Waals surface area contributed by atoms with Gasteiger partial charge in [-0.25, -0.2) is 9.37 Å². The van der Waals surface area contributed by atoms with Gasteiger partial charge in [0.2, 0.25) is 5.91 Å². The summed E-state index contributed by atoms with van der Waals surface area (Å²) in [7, 11) is 0. The van der Waals surface area contributed by atoms with Crippen molar-refractivity contribution in [2.24, 2.45) is 5.92 Å². The lowest BCUT2D eigenvalue weighted by Crippen LogP contribution is -2.52. The average molecular weight is 408 g/mol. The van der Waals surface area contributed by atoms with Crippen molar-refractivity contribution in [1.82, 2.24) is 14.5 Å². The van der Waals surface area contributed by atoms with E-state index in [2.05, 4.69) is 9.88 Å². The smallest absolute Gasteiger partial charge is 0.261 e. The SMILES string of the molecule is CC(C)[C@H](C(=O)N1CCN(c2ccc(F)cc2)CC1)n1cnc2ccccc2c1=O. The fourth-order valence-corrected chi connectivity index (χ4v) is 4.03. The number of hydrogen-bond acceptors (Lipinski definition) is 4. The minimum Gasteiger partial charge on any atom is -0.368 e. The molecule has 156 valence electrons. The van der Waals surface area contributed by atoms with Crippen LogP contribution in [-0.4, -0.2) is 46.5 Å². The van der Waals surface area contributed by atoms with E-state index >= 15 is 0 Å². The summed E-state index contributed by atoms with van der Waals surface area (Å²) in [6.07, 6.45) is 1.49. The molecule has 0 saturated carbocycles. The molecule has 3 aromatic rings. The van der Waals surface area contributed by atoms with Gasteiger partial charge in [-0.2, -0.15) is 0 Å². The number of carbonyl (C=O) groups excluding carboxylic acids is 1. The van der Waals surface area contributed by atoms with Crippen LogP contribution < -0.4 is 10.5 Å². The van der Waals surface area contributed by atoms with Crippen LogP contribution in [-0.2, 0) is 4.79 Å². The number of nitrogens with zero attached hydrogens (tertiary/aromatic N) is 4. The summed E-state index contributed by atoms with van der Waals surface area (Å²) in [6.45, 7) is 6.31. The lowest BCUT2D eigenvalue weighted by molar-refractivity contribution is -0.136. The van der Waals surface area contributed by atoms with Gasteiger partial charge >= 0.3 is 0 Å². The predicted molar refractivity (Wildman–Crippen MR) is 115 cm³/mol.